The number of hydrogen-bond donors (Lipinski definition) is 2. The second-order valence-electron chi connectivity index (χ2n) is 3.36. The van der Waals surface area contributed by atoms with Crippen LogP contribution >= 0.6 is 0 Å². The van der Waals surface area contributed by atoms with Gasteiger partial charge in [-0.25, -0.2) is 4.79 Å². The molecule has 1 heterocycles. The summed E-state index contributed by atoms with van der Waals surface area (Å²) in [5.41, 5.74) is 5.68. The van der Waals surface area contributed by atoms with E-state index in [4.69, 9.17) is 10.8 Å². The highest BCUT2D eigenvalue weighted by Crippen LogP contribution is 2.08. The van der Waals surface area contributed by atoms with Gasteiger partial charge in [0.15, 0.2) is 0 Å². The number of carbonyl (C=O) groups is 2. The summed E-state index contributed by atoms with van der Waals surface area (Å²) < 4.78 is 0. The molecule has 0 aromatic heterocycles. The maximum absolute atomic E-state index is 11.4. The molecule has 1 aliphatic heterocycles. The van der Waals surface area contributed by atoms with Gasteiger partial charge in [-0.05, 0) is 12.8 Å². The Morgan fingerprint density at radius 3 is 2.71 bits per heavy atom. The fraction of sp³-hybridized carbons (Fsp3) is 0.556. The van der Waals surface area contributed by atoms with Gasteiger partial charge in [-0.3, -0.25) is 4.79 Å². The first-order chi connectivity index (χ1) is 6.59. The summed E-state index contributed by atoms with van der Waals surface area (Å²) in [5.74, 6) is -1.39. The molecule has 1 fully saturated rings. The predicted molar refractivity (Wildman–Crippen MR) is 50.6 cm³/mol. The molecule has 5 heteroatoms. The average molecular weight is 198 g/mol. The molecular weight excluding hydrogens is 184 g/mol. The summed E-state index contributed by atoms with van der Waals surface area (Å²) in [6.07, 6.45) is 3.73. The van der Waals surface area contributed by atoms with Crippen LogP contribution in [-0.4, -0.2) is 41.0 Å². The molecule has 1 unspecified atom stereocenters. The minimum absolute atomic E-state index is 0.0194. The van der Waals surface area contributed by atoms with Crippen molar-refractivity contribution in [3.05, 3.63) is 12.2 Å². The van der Waals surface area contributed by atoms with E-state index in [0.717, 1.165) is 25.0 Å². The van der Waals surface area contributed by atoms with Gasteiger partial charge >= 0.3 is 5.97 Å². The van der Waals surface area contributed by atoms with Gasteiger partial charge in [0, 0.05) is 31.3 Å². The van der Waals surface area contributed by atoms with E-state index in [0.29, 0.717) is 13.1 Å². The maximum atomic E-state index is 11.4. The van der Waals surface area contributed by atoms with Gasteiger partial charge in [-0.15, -0.1) is 0 Å². The Kier molecular flexibility index (Phi) is 3.64. The number of carboxylic acid groups (broad SMARTS) is 1. The van der Waals surface area contributed by atoms with Crippen molar-refractivity contribution in [1.29, 1.82) is 0 Å². The van der Waals surface area contributed by atoms with Crippen LogP contribution in [0, 0.1) is 0 Å². The van der Waals surface area contributed by atoms with Crippen LogP contribution in [0.3, 0.4) is 0 Å². The molecule has 1 aliphatic rings. The summed E-state index contributed by atoms with van der Waals surface area (Å²) in [6, 6.07) is 0.0194. The number of nitrogens with two attached hydrogens (primary N) is 1. The number of carboxylic acids is 1. The Hall–Kier alpha value is -1.36. The standard InChI is InChI=1S/C9H14N2O3/c10-7-2-1-5-11(6-7)8(12)3-4-9(13)14/h3-4,7H,1-2,5-6,10H2,(H,13,14). The summed E-state index contributed by atoms with van der Waals surface area (Å²) in [4.78, 5) is 23.1. The fourth-order valence-electron chi connectivity index (χ4n) is 1.46. The Bertz CT molecular complexity index is 263. The second kappa shape index (κ2) is 4.76. The van der Waals surface area contributed by atoms with E-state index in [2.05, 4.69) is 0 Å². The maximum Gasteiger partial charge on any atom is 0.328 e. The number of likely N-dealkylation sites (tertiary alicyclic amines) is 1. The molecule has 1 amide bonds. The number of aliphatic carboxylic acids is 1. The van der Waals surface area contributed by atoms with Crippen molar-refractivity contribution in [3.63, 3.8) is 0 Å². The molecule has 0 aromatic rings. The van der Waals surface area contributed by atoms with Crippen LogP contribution in [-0.2, 0) is 9.59 Å². The molecular formula is C9H14N2O3. The van der Waals surface area contributed by atoms with E-state index in [1.807, 2.05) is 0 Å². The molecule has 5 nitrogen and oxygen atoms in total. The van der Waals surface area contributed by atoms with Crippen LogP contribution in [0.4, 0.5) is 0 Å². The molecule has 0 spiro atoms. The molecule has 1 atom stereocenters. The molecule has 0 aromatic carbocycles. The van der Waals surface area contributed by atoms with Crippen molar-refractivity contribution in [3.8, 4) is 0 Å². The summed E-state index contributed by atoms with van der Waals surface area (Å²) in [7, 11) is 0. The summed E-state index contributed by atoms with van der Waals surface area (Å²) in [6.45, 7) is 1.18. The number of amides is 1. The lowest BCUT2D eigenvalue weighted by Gasteiger charge is -2.29. The fourth-order valence-corrected chi connectivity index (χ4v) is 1.46. The Labute approximate surface area is 82.2 Å². The van der Waals surface area contributed by atoms with Gasteiger partial charge in [0.1, 0.15) is 0 Å². The zero-order valence-corrected chi connectivity index (χ0v) is 7.85. The first-order valence-corrected chi connectivity index (χ1v) is 4.55. The number of carbonyl (C=O) groups excluding carboxylic acids is 1. The smallest absolute Gasteiger partial charge is 0.328 e. The largest absolute Gasteiger partial charge is 0.478 e. The number of piperidine rings is 1. The third-order valence-corrected chi connectivity index (χ3v) is 2.14. The minimum atomic E-state index is -1.11. The molecule has 0 aliphatic carbocycles. The van der Waals surface area contributed by atoms with Crippen LogP contribution in [0.1, 0.15) is 12.8 Å². The number of rotatable bonds is 2. The monoisotopic (exact) mass is 198 g/mol. The SMILES string of the molecule is NC1CCCN(C(=O)C=CC(=O)O)C1. The highest BCUT2D eigenvalue weighted by Gasteiger charge is 2.19. The lowest BCUT2D eigenvalue weighted by atomic mass is 10.1. The van der Waals surface area contributed by atoms with Gasteiger partial charge in [-0.1, -0.05) is 0 Å². The molecule has 0 bridgehead atoms. The van der Waals surface area contributed by atoms with E-state index in [-0.39, 0.29) is 11.9 Å². The minimum Gasteiger partial charge on any atom is -0.478 e. The summed E-state index contributed by atoms with van der Waals surface area (Å²) >= 11 is 0. The van der Waals surface area contributed by atoms with Crippen LogP contribution in [0.15, 0.2) is 12.2 Å². The quantitative estimate of drug-likeness (QED) is 0.590. The first-order valence-electron chi connectivity index (χ1n) is 4.55. The average Bonchev–Trinajstić information content (AvgIpc) is 2.14. The lowest BCUT2D eigenvalue weighted by molar-refractivity contribution is -0.132. The molecule has 1 rings (SSSR count). The van der Waals surface area contributed by atoms with Crippen LogP contribution < -0.4 is 5.73 Å². The topological polar surface area (TPSA) is 83.6 Å². The van der Waals surface area contributed by atoms with Crippen molar-refractivity contribution in [2.75, 3.05) is 13.1 Å². The molecule has 0 radical (unpaired) electrons. The number of nitrogens with zero attached hydrogens (tertiary/aromatic N) is 1. The zero-order valence-electron chi connectivity index (χ0n) is 7.85. The van der Waals surface area contributed by atoms with Crippen molar-refractivity contribution in [2.45, 2.75) is 18.9 Å². The van der Waals surface area contributed by atoms with Gasteiger partial charge in [-0.2, -0.15) is 0 Å². The van der Waals surface area contributed by atoms with Crippen molar-refractivity contribution in [1.82, 2.24) is 4.90 Å². The normalized spacial score (nSPS) is 22.6. The molecule has 1 saturated heterocycles. The Morgan fingerprint density at radius 2 is 2.14 bits per heavy atom. The van der Waals surface area contributed by atoms with Gasteiger partial charge < -0.3 is 15.7 Å². The second-order valence-corrected chi connectivity index (χ2v) is 3.36. The zero-order chi connectivity index (χ0) is 10.6. The van der Waals surface area contributed by atoms with Crippen molar-refractivity contribution in [2.24, 2.45) is 5.73 Å². The number of hydrogen-bond acceptors (Lipinski definition) is 3. The Morgan fingerprint density at radius 1 is 1.43 bits per heavy atom. The van der Waals surface area contributed by atoms with Gasteiger partial charge in [0.05, 0.1) is 0 Å². The van der Waals surface area contributed by atoms with Crippen LogP contribution in [0.25, 0.3) is 0 Å². The lowest BCUT2D eigenvalue weighted by Crippen LogP contribution is -2.45. The van der Waals surface area contributed by atoms with Gasteiger partial charge in [0.2, 0.25) is 5.91 Å². The van der Waals surface area contributed by atoms with E-state index >= 15 is 0 Å². The third-order valence-electron chi connectivity index (χ3n) is 2.14. The third kappa shape index (κ3) is 3.18. The molecule has 78 valence electrons. The highest BCUT2D eigenvalue weighted by molar-refractivity contribution is 5.93. The van der Waals surface area contributed by atoms with E-state index in [1.54, 1.807) is 4.90 Å². The molecule has 3 N–H and O–H groups in total. The van der Waals surface area contributed by atoms with Crippen LogP contribution in [0.2, 0.25) is 0 Å². The predicted octanol–water partition coefficient (Wildman–Crippen LogP) is -0.423. The van der Waals surface area contributed by atoms with Crippen LogP contribution in [0.5, 0.6) is 0 Å². The summed E-state index contributed by atoms with van der Waals surface area (Å²) in [5, 5.41) is 8.33. The van der Waals surface area contributed by atoms with E-state index in [9.17, 15) is 9.59 Å². The molecule has 0 saturated carbocycles. The first kappa shape index (κ1) is 10.7. The van der Waals surface area contributed by atoms with Crippen molar-refractivity contribution < 1.29 is 14.7 Å². The van der Waals surface area contributed by atoms with Gasteiger partial charge in [0.25, 0.3) is 0 Å². The highest BCUT2D eigenvalue weighted by atomic mass is 16.4. The molecule has 14 heavy (non-hydrogen) atoms. The van der Waals surface area contributed by atoms with Crippen molar-refractivity contribution >= 4 is 11.9 Å². The van der Waals surface area contributed by atoms with E-state index < -0.39 is 5.97 Å². The Balaban J connectivity index is 2.47. The van der Waals surface area contributed by atoms with E-state index in [1.165, 1.54) is 0 Å².